The lowest BCUT2D eigenvalue weighted by Crippen LogP contribution is -2.17. The first-order valence-electron chi connectivity index (χ1n) is 11.9. The van der Waals surface area contributed by atoms with Crippen LogP contribution in [-0.4, -0.2) is 11.9 Å². The lowest BCUT2D eigenvalue weighted by atomic mass is 9.87. The molecular weight excluding hydrogens is 509 g/mol. The standard InChI is InChI=1S/C30H25F3N2O4/c1-18-12-21(34)13-23(28(36)38-16-19-8-4-2-5-9-19)26(18)27-24(14-22(35)15-25(27)30(31,32)33)29(37)39-17-20-10-6-3-7-11-20/h2-15H,16-17,34-35H2,1H3. The molecule has 6 nitrogen and oxygen atoms in total. The second kappa shape index (κ2) is 11.3. The highest BCUT2D eigenvalue weighted by molar-refractivity contribution is 6.06. The Morgan fingerprint density at radius 1 is 0.692 bits per heavy atom. The van der Waals surface area contributed by atoms with Crippen LogP contribution < -0.4 is 11.5 Å². The Balaban J connectivity index is 1.84. The minimum atomic E-state index is -4.92. The second-order valence-corrected chi connectivity index (χ2v) is 8.87. The Labute approximate surface area is 223 Å². The molecule has 4 aromatic carbocycles. The number of nitrogens with two attached hydrogens (primary N) is 2. The maximum Gasteiger partial charge on any atom is 0.417 e. The summed E-state index contributed by atoms with van der Waals surface area (Å²) < 4.78 is 53.9. The largest absolute Gasteiger partial charge is 0.457 e. The van der Waals surface area contributed by atoms with E-state index in [0.29, 0.717) is 11.1 Å². The molecule has 4 rings (SSSR count). The molecule has 0 atom stereocenters. The van der Waals surface area contributed by atoms with Gasteiger partial charge in [-0.25, -0.2) is 9.59 Å². The van der Waals surface area contributed by atoms with Crippen LogP contribution in [0.25, 0.3) is 11.1 Å². The van der Waals surface area contributed by atoms with Crippen molar-refractivity contribution in [2.45, 2.75) is 26.3 Å². The Morgan fingerprint density at radius 3 is 1.59 bits per heavy atom. The molecule has 0 aliphatic rings. The van der Waals surface area contributed by atoms with Crippen LogP contribution in [0.15, 0.2) is 84.9 Å². The van der Waals surface area contributed by atoms with E-state index in [1.54, 1.807) is 60.7 Å². The molecule has 0 aliphatic carbocycles. The zero-order chi connectivity index (χ0) is 28.2. The molecular formula is C30H25F3N2O4. The zero-order valence-electron chi connectivity index (χ0n) is 20.9. The molecule has 0 bridgehead atoms. The van der Waals surface area contributed by atoms with E-state index in [1.165, 1.54) is 19.1 Å². The first kappa shape index (κ1) is 27.3. The van der Waals surface area contributed by atoms with Crippen LogP contribution in [0.4, 0.5) is 24.5 Å². The molecule has 0 aliphatic heterocycles. The van der Waals surface area contributed by atoms with Gasteiger partial charge in [-0.2, -0.15) is 13.2 Å². The van der Waals surface area contributed by atoms with E-state index >= 15 is 0 Å². The van der Waals surface area contributed by atoms with Crippen molar-refractivity contribution in [3.63, 3.8) is 0 Å². The third-order valence-electron chi connectivity index (χ3n) is 5.94. The van der Waals surface area contributed by atoms with E-state index in [4.69, 9.17) is 20.9 Å². The van der Waals surface area contributed by atoms with Gasteiger partial charge in [0.1, 0.15) is 13.2 Å². The summed E-state index contributed by atoms with van der Waals surface area (Å²) in [6.07, 6.45) is -4.92. The highest BCUT2D eigenvalue weighted by Gasteiger charge is 2.38. The highest BCUT2D eigenvalue weighted by atomic mass is 19.4. The van der Waals surface area contributed by atoms with Gasteiger partial charge in [0.05, 0.1) is 16.7 Å². The topological polar surface area (TPSA) is 105 Å². The third-order valence-corrected chi connectivity index (χ3v) is 5.94. The number of carbonyl (C=O) groups excluding carboxylic acids is 2. The molecule has 0 spiro atoms. The minimum absolute atomic E-state index is 0.118. The van der Waals surface area contributed by atoms with Crippen molar-refractivity contribution in [1.82, 2.24) is 0 Å². The molecule has 0 saturated heterocycles. The quantitative estimate of drug-likeness (QED) is 0.206. The van der Waals surface area contributed by atoms with Crippen molar-refractivity contribution in [3.05, 3.63) is 118 Å². The number of aryl methyl sites for hydroxylation is 1. The predicted molar refractivity (Wildman–Crippen MR) is 142 cm³/mol. The highest BCUT2D eigenvalue weighted by Crippen LogP contribution is 2.44. The maximum absolute atomic E-state index is 14.4. The molecule has 4 N–H and O–H groups in total. The number of carbonyl (C=O) groups is 2. The Bertz CT molecular complexity index is 1500. The smallest absolute Gasteiger partial charge is 0.417 e. The lowest BCUT2D eigenvalue weighted by Gasteiger charge is -2.21. The van der Waals surface area contributed by atoms with Gasteiger partial charge >= 0.3 is 18.1 Å². The van der Waals surface area contributed by atoms with Gasteiger partial charge in [-0.05, 0) is 47.9 Å². The molecule has 0 fully saturated rings. The summed E-state index contributed by atoms with van der Waals surface area (Å²) >= 11 is 0. The number of hydrogen-bond donors (Lipinski definition) is 2. The molecule has 4 aromatic rings. The first-order valence-corrected chi connectivity index (χ1v) is 11.9. The molecule has 0 unspecified atom stereocenters. The summed E-state index contributed by atoms with van der Waals surface area (Å²) in [5, 5.41) is 0. The fourth-order valence-corrected chi connectivity index (χ4v) is 4.23. The van der Waals surface area contributed by atoms with Gasteiger partial charge in [0.15, 0.2) is 0 Å². The predicted octanol–water partition coefficient (Wildman–Crippen LogP) is 6.56. The Hall–Kier alpha value is -4.79. The number of anilines is 2. The van der Waals surface area contributed by atoms with Gasteiger partial charge in [0, 0.05) is 22.5 Å². The summed E-state index contributed by atoms with van der Waals surface area (Å²) in [6, 6.07) is 21.9. The number of benzene rings is 4. The number of hydrogen-bond acceptors (Lipinski definition) is 6. The van der Waals surface area contributed by atoms with Crippen molar-refractivity contribution in [1.29, 1.82) is 0 Å². The van der Waals surface area contributed by atoms with Crippen molar-refractivity contribution in [2.24, 2.45) is 0 Å². The molecule has 39 heavy (non-hydrogen) atoms. The van der Waals surface area contributed by atoms with Crippen LogP contribution >= 0.6 is 0 Å². The summed E-state index contributed by atoms with van der Waals surface area (Å²) in [5.74, 6) is -1.94. The molecule has 0 radical (unpaired) electrons. The summed E-state index contributed by atoms with van der Waals surface area (Å²) in [7, 11) is 0. The van der Waals surface area contributed by atoms with Crippen LogP contribution in [0.1, 0.15) is 43.0 Å². The zero-order valence-corrected chi connectivity index (χ0v) is 20.9. The lowest BCUT2D eigenvalue weighted by molar-refractivity contribution is -0.137. The number of esters is 2. The first-order chi connectivity index (χ1) is 18.5. The SMILES string of the molecule is Cc1cc(N)cc(C(=O)OCc2ccccc2)c1-c1c(C(=O)OCc2ccccc2)cc(N)cc1C(F)(F)F. The summed E-state index contributed by atoms with van der Waals surface area (Å²) in [4.78, 5) is 26.5. The van der Waals surface area contributed by atoms with Gasteiger partial charge < -0.3 is 20.9 Å². The van der Waals surface area contributed by atoms with Crippen LogP contribution in [0.5, 0.6) is 0 Å². The van der Waals surface area contributed by atoms with Crippen molar-refractivity contribution >= 4 is 23.3 Å². The van der Waals surface area contributed by atoms with E-state index in [2.05, 4.69) is 0 Å². The third kappa shape index (κ3) is 6.38. The van der Waals surface area contributed by atoms with Gasteiger partial charge in [-0.3, -0.25) is 0 Å². The normalized spacial score (nSPS) is 11.2. The van der Waals surface area contributed by atoms with E-state index < -0.39 is 34.8 Å². The Kier molecular flexibility index (Phi) is 7.90. The van der Waals surface area contributed by atoms with Gasteiger partial charge in [0.25, 0.3) is 0 Å². The Morgan fingerprint density at radius 2 is 1.13 bits per heavy atom. The number of nitrogen functional groups attached to an aromatic ring is 2. The molecule has 9 heteroatoms. The van der Waals surface area contributed by atoms with Crippen LogP contribution in [0, 0.1) is 6.92 Å². The maximum atomic E-state index is 14.4. The van der Waals surface area contributed by atoms with Gasteiger partial charge in [-0.15, -0.1) is 0 Å². The number of rotatable bonds is 7. The van der Waals surface area contributed by atoms with Crippen LogP contribution in [0.3, 0.4) is 0 Å². The van der Waals surface area contributed by atoms with Crippen molar-refractivity contribution < 1.29 is 32.2 Å². The van der Waals surface area contributed by atoms with Crippen LogP contribution in [0.2, 0.25) is 0 Å². The van der Waals surface area contributed by atoms with Crippen molar-refractivity contribution in [3.8, 4) is 11.1 Å². The molecule has 0 saturated carbocycles. The van der Waals surface area contributed by atoms with E-state index in [1.807, 2.05) is 0 Å². The minimum Gasteiger partial charge on any atom is -0.457 e. The average Bonchev–Trinajstić information content (AvgIpc) is 2.90. The van der Waals surface area contributed by atoms with Crippen molar-refractivity contribution in [2.75, 3.05) is 11.5 Å². The van der Waals surface area contributed by atoms with Gasteiger partial charge in [-0.1, -0.05) is 60.7 Å². The molecule has 0 heterocycles. The summed E-state index contributed by atoms with van der Waals surface area (Å²) in [6.45, 7) is 1.20. The number of halogens is 3. The monoisotopic (exact) mass is 534 g/mol. The number of alkyl halides is 3. The molecule has 200 valence electrons. The van der Waals surface area contributed by atoms with E-state index in [9.17, 15) is 22.8 Å². The van der Waals surface area contributed by atoms with E-state index in [-0.39, 0.29) is 41.3 Å². The fourth-order valence-electron chi connectivity index (χ4n) is 4.23. The second-order valence-electron chi connectivity index (χ2n) is 8.87. The average molecular weight is 535 g/mol. The van der Waals surface area contributed by atoms with Gasteiger partial charge in [0.2, 0.25) is 0 Å². The van der Waals surface area contributed by atoms with Crippen LogP contribution in [-0.2, 0) is 28.9 Å². The molecule has 0 amide bonds. The number of ether oxygens (including phenoxy) is 2. The molecule has 0 aromatic heterocycles. The summed E-state index contributed by atoms with van der Waals surface area (Å²) in [5.41, 5.74) is 10.6. The fraction of sp³-hybridized carbons (Fsp3) is 0.133. The van der Waals surface area contributed by atoms with E-state index in [0.717, 1.165) is 12.1 Å².